The van der Waals surface area contributed by atoms with Crippen LogP contribution in [0.1, 0.15) is 29.5 Å². The fraction of sp³-hybridized carbons (Fsp3) is 0.364. The molecule has 0 unspecified atom stereocenters. The van der Waals surface area contributed by atoms with Gasteiger partial charge in [0.15, 0.2) is 0 Å². The first-order valence-corrected chi connectivity index (χ1v) is 12.2. The van der Waals surface area contributed by atoms with E-state index in [1.165, 1.54) is 4.31 Å². The first-order valence-electron chi connectivity index (χ1n) is 10.0. The zero-order valence-corrected chi connectivity index (χ0v) is 18.6. The Balaban J connectivity index is 1.46. The predicted octanol–water partition coefficient (Wildman–Crippen LogP) is 4.84. The highest BCUT2D eigenvalue weighted by molar-refractivity contribution is 7.89. The van der Waals surface area contributed by atoms with E-state index in [0.29, 0.717) is 47.2 Å². The number of nitrogens with zero attached hydrogens (tertiary/aromatic N) is 1. The normalized spacial score (nSPS) is 26.1. The molecule has 0 radical (unpaired) electrons. The predicted molar refractivity (Wildman–Crippen MR) is 119 cm³/mol. The second kappa shape index (κ2) is 7.84. The van der Waals surface area contributed by atoms with Crippen LogP contribution in [0.4, 0.5) is 5.69 Å². The molecule has 3 aliphatic rings. The molecule has 2 aliphatic heterocycles. The molecule has 2 aromatic carbocycles. The number of nitrogens with one attached hydrogen (secondary N) is 1. The van der Waals surface area contributed by atoms with Gasteiger partial charge in [-0.15, -0.1) is 0 Å². The van der Waals surface area contributed by atoms with E-state index in [1.807, 2.05) is 18.2 Å². The van der Waals surface area contributed by atoms with Crippen LogP contribution in [0.25, 0.3) is 0 Å². The van der Waals surface area contributed by atoms with Gasteiger partial charge in [-0.05, 0) is 47.7 Å². The van der Waals surface area contributed by atoms with Crippen LogP contribution >= 0.6 is 23.2 Å². The van der Waals surface area contributed by atoms with E-state index in [-0.39, 0.29) is 12.0 Å². The summed E-state index contributed by atoms with van der Waals surface area (Å²) >= 11 is 12.7. The quantitative estimate of drug-likeness (QED) is 0.660. The van der Waals surface area contributed by atoms with E-state index >= 15 is 0 Å². The number of sulfonamides is 1. The Hall–Kier alpha value is -1.57. The van der Waals surface area contributed by atoms with Crippen molar-refractivity contribution in [3.8, 4) is 0 Å². The molecule has 8 heteroatoms. The molecule has 1 fully saturated rings. The first-order chi connectivity index (χ1) is 14.4. The van der Waals surface area contributed by atoms with E-state index in [1.54, 1.807) is 18.2 Å². The summed E-state index contributed by atoms with van der Waals surface area (Å²) in [5, 5.41) is 4.83. The number of benzene rings is 2. The molecule has 0 bridgehead atoms. The highest BCUT2D eigenvalue weighted by Gasteiger charge is 2.39. The molecule has 0 saturated carbocycles. The van der Waals surface area contributed by atoms with Gasteiger partial charge < -0.3 is 10.1 Å². The summed E-state index contributed by atoms with van der Waals surface area (Å²) in [5.41, 5.74) is 3.07. The van der Waals surface area contributed by atoms with Crippen molar-refractivity contribution in [2.24, 2.45) is 5.92 Å². The summed E-state index contributed by atoms with van der Waals surface area (Å²) in [6, 6.07) is 11.0. The Morgan fingerprint density at radius 1 is 1.07 bits per heavy atom. The number of hydrogen-bond donors (Lipinski definition) is 1. The number of fused-ring (bicyclic) bond motifs is 3. The van der Waals surface area contributed by atoms with E-state index in [4.69, 9.17) is 27.9 Å². The van der Waals surface area contributed by atoms with Crippen LogP contribution in [-0.4, -0.2) is 39.0 Å². The van der Waals surface area contributed by atoms with Gasteiger partial charge in [-0.1, -0.05) is 47.5 Å². The lowest BCUT2D eigenvalue weighted by molar-refractivity contribution is 0.0730. The summed E-state index contributed by atoms with van der Waals surface area (Å²) in [6.45, 7) is 1.65. The van der Waals surface area contributed by atoms with E-state index in [9.17, 15) is 8.42 Å². The summed E-state index contributed by atoms with van der Waals surface area (Å²) in [4.78, 5) is 0.315. The van der Waals surface area contributed by atoms with Gasteiger partial charge >= 0.3 is 0 Å². The minimum Gasteiger partial charge on any atom is -0.379 e. The van der Waals surface area contributed by atoms with Crippen molar-refractivity contribution < 1.29 is 13.2 Å². The van der Waals surface area contributed by atoms with Crippen molar-refractivity contribution in [3.63, 3.8) is 0 Å². The summed E-state index contributed by atoms with van der Waals surface area (Å²) in [7, 11) is -3.50. The van der Waals surface area contributed by atoms with Gasteiger partial charge in [-0.3, -0.25) is 0 Å². The van der Waals surface area contributed by atoms with Gasteiger partial charge in [-0.25, -0.2) is 8.42 Å². The third kappa shape index (κ3) is 3.45. The van der Waals surface area contributed by atoms with E-state index in [2.05, 4.69) is 17.5 Å². The molecule has 2 aromatic rings. The summed E-state index contributed by atoms with van der Waals surface area (Å²) in [5.74, 6) is 0.563. The molecule has 5 rings (SSSR count). The van der Waals surface area contributed by atoms with Crippen LogP contribution < -0.4 is 5.32 Å². The third-order valence-corrected chi connectivity index (χ3v) is 8.66. The monoisotopic (exact) mass is 464 g/mol. The fourth-order valence-corrected chi connectivity index (χ4v) is 6.71. The molecule has 158 valence electrons. The van der Waals surface area contributed by atoms with Crippen LogP contribution in [0.15, 0.2) is 53.4 Å². The summed E-state index contributed by atoms with van der Waals surface area (Å²) in [6.07, 6.45) is 5.37. The molecular weight excluding hydrogens is 443 g/mol. The number of rotatable bonds is 3. The topological polar surface area (TPSA) is 58.6 Å². The van der Waals surface area contributed by atoms with Crippen molar-refractivity contribution in [3.05, 3.63) is 69.7 Å². The maximum atomic E-state index is 12.9. The number of morpholine rings is 1. The third-order valence-electron chi connectivity index (χ3n) is 6.23. The van der Waals surface area contributed by atoms with Gasteiger partial charge in [0, 0.05) is 24.0 Å². The second-order valence-electron chi connectivity index (χ2n) is 7.91. The van der Waals surface area contributed by atoms with Gasteiger partial charge in [0.25, 0.3) is 0 Å². The molecule has 1 saturated heterocycles. The second-order valence-corrected chi connectivity index (χ2v) is 10.7. The van der Waals surface area contributed by atoms with Crippen molar-refractivity contribution in [1.82, 2.24) is 4.31 Å². The number of hydrogen-bond acceptors (Lipinski definition) is 4. The van der Waals surface area contributed by atoms with Crippen LogP contribution in [0.5, 0.6) is 0 Å². The molecule has 3 atom stereocenters. The maximum absolute atomic E-state index is 12.9. The molecule has 0 amide bonds. The Labute approximate surface area is 186 Å². The highest BCUT2D eigenvalue weighted by Crippen LogP contribution is 2.52. The van der Waals surface area contributed by atoms with Gasteiger partial charge in [0.2, 0.25) is 10.0 Å². The fourth-order valence-electron chi connectivity index (χ4n) is 4.73. The van der Waals surface area contributed by atoms with Crippen LogP contribution in [0.2, 0.25) is 10.0 Å². The number of ether oxygens (including phenoxy) is 1. The molecule has 0 aromatic heterocycles. The van der Waals surface area contributed by atoms with E-state index in [0.717, 1.165) is 23.2 Å². The Morgan fingerprint density at radius 3 is 2.53 bits per heavy atom. The van der Waals surface area contributed by atoms with Crippen molar-refractivity contribution >= 4 is 38.9 Å². The van der Waals surface area contributed by atoms with Crippen LogP contribution in [-0.2, 0) is 14.8 Å². The van der Waals surface area contributed by atoms with Crippen LogP contribution in [0, 0.1) is 5.92 Å². The van der Waals surface area contributed by atoms with Crippen molar-refractivity contribution in [1.29, 1.82) is 0 Å². The minimum atomic E-state index is -3.50. The Morgan fingerprint density at radius 2 is 1.80 bits per heavy atom. The zero-order valence-electron chi connectivity index (χ0n) is 16.2. The van der Waals surface area contributed by atoms with Crippen LogP contribution in [0.3, 0.4) is 0 Å². The molecule has 5 nitrogen and oxygen atoms in total. The molecule has 1 N–H and O–H groups in total. The van der Waals surface area contributed by atoms with Gasteiger partial charge in [0.1, 0.15) is 0 Å². The highest BCUT2D eigenvalue weighted by atomic mass is 35.5. The smallest absolute Gasteiger partial charge is 0.243 e. The SMILES string of the molecule is O=S(=O)(c1ccc([C@@H]2Nc3c(Cl)cc(Cl)cc3[C@@H]3C=CC[C@@H]32)cc1)N1CCOCC1. The zero-order chi connectivity index (χ0) is 20.9. The first kappa shape index (κ1) is 20.3. The molecule has 1 aliphatic carbocycles. The molecule has 0 spiro atoms. The van der Waals surface area contributed by atoms with E-state index < -0.39 is 10.0 Å². The van der Waals surface area contributed by atoms with Crippen molar-refractivity contribution in [2.45, 2.75) is 23.3 Å². The molecule has 2 heterocycles. The average Bonchev–Trinajstić information content (AvgIpc) is 3.24. The van der Waals surface area contributed by atoms with Gasteiger partial charge in [-0.2, -0.15) is 4.31 Å². The summed E-state index contributed by atoms with van der Waals surface area (Å²) < 4.78 is 32.6. The number of halogens is 2. The minimum absolute atomic E-state index is 0.0383. The number of allylic oxidation sites excluding steroid dienone is 2. The largest absolute Gasteiger partial charge is 0.379 e. The lowest BCUT2D eigenvalue weighted by atomic mass is 9.77. The molecular formula is C22H22Cl2N2O3S. The standard InChI is InChI=1S/C22H22Cl2N2O3S/c23-15-12-19-17-2-1-3-18(17)21(25-22(19)20(24)13-15)14-4-6-16(7-5-14)30(27,28)26-8-10-29-11-9-26/h1-2,4-7,12-13,17-18,21,25H,3,8-11H2/t17-,18+,21+/m1/s1. The average molecular weight is 465 g/mol. The van der Waals surface area contributed by atoms with Crippen molar-refractivity contribution in [2.75, 3.05) is 31.6 Å². The Bertz CT molecular complexity index is 1100. The lowest BCUT2D eigenvalue weighted by Crippen LogP contribution is -2.40. The molecule has 30 heavy (non-hydrogen) atoms. The Kier molecular flexibility index (Phi) is 5.32. The number of anilines is 1. The lowest BCUT2D eigenvalue weighted by Gasteiger charge is -2.38. The van der Waals surface area contributed by atoms with Gasteiger partial charge in [0.05, 0.1) is 34.9 Å². The maximum Gasteiger partial charge on any atom is 0.243 e.